The van der Waals surface area contributed by atoms with E-state index in [1.54, 1.807) is 12.1 Å². The van der Waals surface area contributed by atoms with Crippen LogP contribution in [0.5, 0.6) is 0 Å². The van der Waals surface area contributed by atoms with E-state index in [0.29, 0.717) is 6.04 Å². The Bertz CT molecular complexity index is 391. The van der Waals surface area contributed by atoms with Gasteiger partial charge in [0.05, 0.1) is 0 Å². The van der Waals surface area contributed by atoms with Gasteiger partial charge in [-0.1, -0.05) is 0 Å². The Labute approximate surface area is 109 Å². The van der Waals surface area contributed by atoms with Crippen LogP contribution in [0.15, 0.2) is 29.2 Å². The van der Waals surface area contributed by atoms with Crippen molar-refractivity contribution in [3.8, 4) is 0 Å². The van der Waals surface area contributed by atoms with Crippen LogP contribution in [0.4, 0.5) is 18.9 Å². The highest BCUT2D eigenvalue weighted by Gasteiger charge is 2.29. The quantitative estimate of drug-likeness (QED) is 0.836. The van der Waals surface area contributed by atoms with E-state index in [4.69, 9.17) is 0 Å². The standard InChI is InChI=1S/C12H15F3N2S/c1-9-8-16-6-7-17(9)10-2-4-11(5-3-10)18-12(13,14)15/h2-5,9,16H,6-8H2,1H3. The maximum absolute atomic E-state index is 12.2. The lowest BCUT2D eigenvalue weighted by Crippen LogP contribution is -2.49. The second kappa shape index (κ2) is 5.40. The Hall–Kier alpha value is -0.880. The Morgan fingerprint density at radius 3 is 2.50 bits per heavy atom. The molecule has 100 valence electrons. The number of anilines is 1. The van der Waals surface area contributed by atoms with Gasteiger partial charge in [0.2, 0.25) is 0 Å². The molecule has 0 aromatic heterocycles. The number of benzene rings is 1. The number of rotatable bonds is 2. The molecule has 2 nitrogen and oxygen atoms in total. The molecule has 1 atom stereocenters. The summed E-state index contributed by atoms with van der Waals surface area (Å²) >= 11 is -0.0740. The van der Waals surface area contributed by atoms with E-state index < -0.39 is 5.51 Å². The molecule has 0 amide bonds. The molecule has 6 heteroatoms. The summed E-state index contributed by atoms with van der Waals surface area (Å²) in [7, 11) is 0. The number of hydrogen-bond donors (Lipinski definition) is 1. The van der Waals surface area contributed by atoms with Crippen LogP contribution < -0.4 is 10.2 Å². The molecule has 0 saturated carbocycles. The van der Waals surface area contributed by atoms with Crippen molar-refractivity contribution in [3.63, 3.8) is 0 Å². The summed E-state index contributed by atoms with van der Waals surface area (Å²) in [6, 6.07) is 6.94. The van der Waals surface area contributed by atoms with Crippen molar-refractivity contribution in [2.24, 2.45) is 0 Å². The highest BCUT2D eigenvalue weighted by molar-refractivity contribution is 8.00. The fourth-order valence-electron chi connectivity index (χ4n) is 2.06. The average molecular weight is 276 g/mol. The molecule has 0 radical (unpaired) electrons. The lowest BCUT2D eigenvalue weighted by atomic mass is 10.2. The van der Waals surface area contributed by atoms with E-state index in [0.717, 1.165) is 25.3 Å². The van der Waals surface area contributed by atoms with Crippen molar-refractivity contribution < 1.29 is 13.2 Å². The van der Waals surface area contributed by atoms with Gasteiger partial charge in [-0.15, -0.1) is 0 Å². The number of alkyl halides is 3. The van der Waals surface area contributed by atoms with Gasteiger partial charge in [0.15, 0.2) is 0 Å². The minimum atomic E-state index is -4.22. The van der Waals surface area contributed by atoms with Gasteiger partial charge in [-0.3, -0.25) is 0 Å². The summed E-state index contributed by atoms with van der Waals surface area (Å²) in [5, 5.41) is 3.28. The summed E-state index contributed by atoms with van der Waals surface area (Å²) < 4.78 is 36.6. The lowest BCUT2D eigenvalue weighted by molar-refractivity contribution is -0.0328. The molecular formula is C12H15F3N2S. The van der Waals surface area contributed by atoms with Crippen molar-refractivity contribution in [2.45, 2.75) is 23.4 Å². The Morgan fingerprint density at radius 2 is 1.94 bits per heavy atom. The van der Waals surface area contributed by atoms with E-state index in [2.05, 4.69) is 17.1 Å². The molecule has 0 aliphatic carbocycles. The van der Waals surface area contributed by atoms with Crippen LogP contribution in [0, 0.1) is 0 Å². The predicted molar refractivity (Wildman–Crippen MR) is 68.0 cm³/mol. The van der Waals surface area contributed by atoms with E-state index in [1.807, 2.05) is 0 Å². The third kappa shape index (κ3) is 3.55. The second-order valence-electron chi connectivity index (χ2n) is 4.29. The minimum absolute atomic E-state index is 0.0740. The molecule has 0 bridgehead atoms. The molecule has 1 aliphatic rings. The minimum Gasteiger partial charge on any atom is -0.366 e. The first kappa shape index (κ1) is 13.5. The van der Waals surface area contributed by atoms with E-state index in [-0.39, 0.29) is 16.7 Å². The fourth-order valence-corrected chi connectivity index (χ4v) is 2.60. The molecule has 1 heterocycles. The summed E-state index contributed by atoms with van der Waals surface area (Å²) in [5.41, 5.74) is -3.24. The summed E-state index contributed by atoms with van der Waals surface area (Å²) in [6.07, 6.45) is 0. The van der Waals surface area contributed by atoms with Crippen LogP contribution in [0.2, 0.25) is 0 Å². The summed E-state index contributed by atoms with van der Waals surface area (Å²) in [6.45, 7) is 4.79. The Kier molecular flexibility index (Phi) is 4.07. The zero-order chi connectivity index (χ0) is 13.2. The number of nitrogens with one attached hydrogen (secondary N) is 1. The van der Waals surface area contributed by atoms with E-state index >= 15 is 0 Å². The topological polar surface area (TPSA) is 15.3 Å². The number of halogens is 3. The van der Waals surface area contributed by atoms with Gasteiger partial charge < -0.3 is 10.2 Å². The smallest absolute Gasteiger partial charge is 0.366 e. The van der Waals surface area contributed by atoms with Crippen molar-refractivity contribution >= 4 is 17.4 Å². The van der Waals surface area contributed by atoms with Crippen LogP contribution in [0.25, 0.3) is 0 Å². The molecule has 1 N–H and O–H groups in total. The normalized spacial score (nSPS) is 21.1. The van der Waals surface area contributed by atoms with Gasteiger partial charge >= 0.3 is 5.51 Å². The predicted octanol–water partition coefficient (Wildman–Crippen LogP) is 3.10. The van der Waals surface area contributed by atoms with Crippen LogP contribution >= 0.6 is 11.8 Å². The second-order valence-corrected chi connectivity index (χ2v) is 5.43. The van der Waals surface area contributed by atoms with Gasteiger partial charge in [-0.05, 0) is 43.0 Å². The Balaban J connectivity index is 2.07. The molecule has 0 spiro atoms. The summed E-state index contributed by atoms with van der Waals surface area (Å²) in [5.74, 6) is 0. The molecular weight excluding hydrogens is 261 g/mol. The molecule has 1 aliphatic heterocycles. The summed E-state index contributed by atoms with van der Waals surface area (Å²) in [4.78, 5) is 2.44. The molecule has 1 aromatic rings. The highest BCUT2D eigenvalue weighted by atomic mass is 32.2. The zero-order valence-corrected chi connectivity index (χ0v) is 10.8. The first-order chi connectivity index (χ1) is 8.46. The van der Waals surface area contributed by atoms with Crippen LogP contribution in [-0.2, 0) is 0 Å². The van der Waals surface area contributed by atoms with Crippen molar-refractivity contribution in [3.05, 3.63) is 24.3 Å². The molecule has 1 saturated heterocycles. The first-order valence-electron chi connectivity index (χ1n) is 5.79. The van der Waals surface area contributed by atoms with Gasteiger partial charge in [-0.25, -0.2) is 0 Å². The number of piperazine rings is 1. The van der Waals surface area contributed by atoms with Gasteiger partial charge in [0.25, 0.3) is 0 Å². The molecule has 2 rings (SSSR count). The fraction of sp³-hybridized carbons (Fsp3) is 0.500. The van der Waals surface area contributed by atoms with Gasteiger partial charge in [-0.2, -0.15) is 13.2 Å². The molecule has 1 aromatic carbocycles. The third-order valence-electron chi connectivity index (χ3n) is 2.90. The number of thioether (sulfide) groups is 1. The van der Waals surface area contributed by atoms with Crippen molar-refractivity contribution in [1.82, 2.24) is 5.32 Å². The maximum atomic E-state index is 12.2. The third-order valence-corrected chi connectivity index (χ3v) is 3.64. The zero-order valence-electron chi connectivity index (χ0n) is 10.00. The van der Waals surface area contributed by atoms with E-state index in [9.17, 15) is 13.2 Å². The van der Waals surface area contributed by atoms with Crippen molar-refractivity contribution in [1.29, 1.82) is 0 Å². The van der Waals surface area contributed by atoms with Gasteiger partial charge in [0, 0.05) is 36.3 Å². The maximum Gasteiger partial charge on any atom is 0.446 e. The van der Waals surface area contributed by atoms with Crippen LogP contribution in [-0.4, -0.2) is 31.2 Å². The molecule has 1 fully saturated rings. The molecule has 1 unspecified atom stereocenters. The first-order valence-corrected chi connectivity index (χ1v) is 6.60. The Morgan fingerprint density at radius 1 is 1.28 bits per heavy atom. The van der Waals surface area contributed by atoms with E-state index in [1.165, 1.54) is 12.1 Å². The highest BCUT2D eigenvalue weighted by Crippen LogP contribution is 2.37. The van der Waals surface area contributed by atoms with Crippen molar-refractivity contribution in [2.75, 3.05) is 24.5 Å². The number of nitrogens with zero attached hydrogens (tertiary/aromatic N) is 1. The molecule has 18 heavy (non-hydrogen) atoms. The number of hydrogen-bond acceptors (Lipinski definition) is 3. The SMILES string of the molecule is CC1CNCCN1c1ccc(SC(F)(F)F)cc1. The average Bonchev–Trinajstić information content (AvgIpc) is 2.29. The lowest BCUT2D eigenvalue weighted by Gasteiger charge is -2.36. The monoisotopic (exact) mass is 276 g/mol. The van der Waals surface area contributed by atoms with Crippen LogP contribution in [0.3, 0.4) is 0 Å². The van der Waals surface area contributed by atoms with Crippen LogP contribution in [0.1, 0.15) is 6.92 Å². The largest absolute Gasteiger partial charge is 0.446 e. The van der Waals surface area contributed by atoms with Gasteiger partial charge in [0.1, 0.15) is 0 Å².